The van der Waals surface area contributed by atoms with Crippen molar-refractivity contribution in [2.75, 3.05) is 7.05 Å². The molecule has 1 N–H and O–H groups in total. The first-order chi connectivity index (χ1) is 8.61. The van der Waals surface area contributed by atoms with E-state index in [9.17, 15) is 10.1 Å². The Labute approximate surface area is 111 Å². The second-order valence-electron chi connectivity index (χ2n) is 4.80. The van der Waals surface area contributed by atoms with Crippen molar-refractivity contribution >= 4 is 17.3 Å². The van der Waals surface area contributed by atoms with Crippen LogP contribution >= 0.6 is 11.6 Å². The minimum absolute atomic E-state index is 0.171. The fraction of sp³-hybridized carbons (Fsp3) is 0.538. The zero-order valence-corrected chi connectivity index (χ0v) is 11.1. The van der Waals surface area contributed by atoms with Crippen LogP contribution in [0.5, 0.6) is 0 Å². The lowest BCUT2D eigenvalue weighted by atomic mass is 10.0. The van der Waals surface area contributed by atoms with Gasteiger partial charge in [-0.3, -0.25) is 10.1 Å². The zero-order chi connectivity index (χ0) is 13.1. The standard InChI is InChI=1S/C13H17ClN2O2/c1-15-12(9-2-3-9)6-4-10-8-11(14)5-7-13(10)16(17)18/h5,7-9,12,15H,2-4,6H2,1H3. The molecule has 0 radical (unpaired) electrons. The fourth-order valence-electron chi connectivity index (χ4n) is 2.36. The van der Waals surface area contributed by atoms with Crippen molar-refractivity contribution in [3.8, 4) is 0 Å². The summed E-state index contributed by atoms with van der Waals surface area (Å²) in [6, 6.07) is 5.23. The van der Waals surface area contributed by atoms with Crippen molar-refractivity contribution in [2.24, 2.45) is 5.92 Å². The number of aryl methyl sites for hydroxylation is 1. The van der Waals surface area contributed by atoms with Crippen LogP contribution in [0.15, 0.2) is 18.2 Å². The summed E-state index contributed by atoms with van der Waals surface area (Å²) in [5.41, 5.74) is 0.901. The number of benzene rings is 1. The average Bonchev–Trinajstić information content (AvgIpc) is 3.14. The number of hydrogen-bond acceptors (Lipinski definition) is 3. The molecule has 0 aliphatic heterocycles. The number of nitro benzene ring substituents is 1. The van der Waals surface area contributed by atoms with Crippen LogP contribution in [-0.2, 0) is 6.42 Å². The Hall–Kier alpha value is -1.13. The summed E-state index contributed by atoms with van der Waals surface area (Å²) in [6.07, 6.45) is 4.15. The van der Waals surface area contributed by atoms with E-state index >= 15 is 0 Å². The van der Waals surface area contributed by atoms with Crippen LogP contribution in [0.4, 0.5) is 5.69 Å². The molecule has 0 aromatic heterocycles. The lowest BCUT2D eigenvalue weighted by Gasteiger charge is -2.15. The molecule has 98 valence electrons. The molecular weight excluding hydrogens is 252 g/mol. The van der Waals surface area contributed by atoms with E-state index in [0.717, 1.165) is 17.9 Å². The topological polar surface area (TPSA) is 55.2 Å². The summed E-state index contributed by atoms with van der Waals surface area (Å²) < 4.78 is 0. The van der Waals surface area contributed by atoms with E-state index in [1.807, 2.05) is 7.05 Å². The Morgan fingerprint density at radius 3 is 2.83 bits per heavy atom. The second kappa shape index (κ2) is 5.67. The first-order valence-corrected chi connectivity index (χ1v) is 6.59. The molecule has 1 aliphatic carbocycles. The predicted molar refractivity (Wildman–Crippen MR) is 72.0 cm³/mol. The molecule has 2 rings (SSSR count). The molecule has 1 saturated carbocycles. The van der Waals surface area contributed by atoms with E-state index < -0.39 is 0 Å². The van der Waals surface area contributed by atoms with Gasteiger partial charge >= 0.3 is 0 Å². The van der Waals surface area contributed by atoms with Crippen molar-refractivity contribution < 1.29 is 4.92 Å². The second-order valence-corrected chi connectivity index (χ2v) is 5.24. The maximum atomic E-state index is 10.9. The van der Waals surface area contributed by atoms with E-state index in [0.29, 0.717) is 17.5 Å². The Morgan fingerprint density at radius 2 is 2.28 bits per heavy atom. The lowest BCUT2D eigenvalue weighted by Crippen LogP contribution is -2.27. The zero-order valence-electron chi connectivity index (χ0n) is 10.4. The van der Waals surface area contributed by atoms with Crippen molar-refractivity contribution in [2.45, 2.75) is 31.7 Å². The van der Waals surface area contributed by atoms with Crippen molar-refractivity contribution in [3.63, 3.8) is 0 Å². The predicted octanol–water partition coefficient (Wildman–Crippen LogP) is 3.18. The van der Waals surface area contributed by atoms with Gasteiger partial charge in [0.1, 0.15) is 0 Å². The maximum Gasteiger partial charge on any atom is 0.272 e. The third-order valence-corrected chi connectivity index (χ3v) is 3.76. The molecule has 1 aromatic rings. The summed E-state index contributed by atoms with van der Waals surface area (Å²) >= 11 is 5.91. The van der Waals surface area contributed by atoms with Crippen LogP contribution in [0, 0.1) is 16.0 Å². The van der Waals surface area contributed by atoms with Gasteiger partial charge in [0, 0.05) is 22.7 Å². The lowest BCUT2D eigenvalue weighted by molar-refractivity contribution is -0.385. The van der Waals surface area contributed by atoms with Gasteiger partial charge in [-0.15, -0.1) is 0 Å². The molecule has 0 spiro atoms. The van der Waals surface area contributed by atoms with Gasteiger partial charge in [0.15, 0.2) is 0 Å². The molecule has 0 amide bonds. The largest absolute Gasteiger partial charge is 0.317 e. The minimum Gasteiger partial charge on any atom is -0.317 e. The highest BCUT2D eigenvalue weighted by Gasteiger charge is 2.30. The molecule has 1 unspecified atom stereocenters. The highest BCUT2D eigenvalue weighted by Crippen LogP contribution is 2.35. The van der Waals surface area contributed by atoms with Crippen LogP contribution in [0.3, 0.4) is 0 Å². The molecule has 4 nitrogen and oxygen atoms in total. The van der Waals surface area contributed by atoms with E-state index in [1.165, 1.54) is 18.9 Å². The SMILES string of the molecule is CNC(CCc1cc(Cl)ccc1[N+](=O)[O-])C1CC1. The average molecular weight is 269 g/mol. The molecule has 0 heterocycles. The van der Waals surface area contributed by atoms with E-state index in [4.69, 9.17) is 11.6 Å². The third kappa shape index (κ3) is 3.21. The van der Waals surface area contributed by atoms with Gasteiger partial charge in [-0.25, -0.2) is 0 Å². The molecule has 1 aromatic carbocycles. The molecule has 0 bridgehead atoms. The molecule has 5 heteroatoms. The number of nitro groups is 1. The Balaban J connectivity index is 2.07. The molecule has 1 fully saturated rings. The quantitative estimate of drug-likeness (QED) is 0.637. The number of halogens is 1. The molecule has 1 atom stereocenters. The Morgan fingerprint density at radius 1 is 1.56 bits per heavy atom. The van der Waals surface area contributed by atoms with Gasteiger partial charge in [-0.1, -0.05) is 11.6 Å². The van der Waals surface area contributed by atoms with Crippen molar-refractivity contribution in [1.82, 2.24) is 5.32 Å². The van der Waals surface area contributed by atoms with Gasteiger partial charge < -0.3 is 5.32 Å². The molecule has 18 heavy (non-hydrogen) atoms. The highest BCUT2D eigenvalue weighted by atomic mass is 35.5. The maximum absolute atomic E-state index is 10.9. The first kappa shape index (κ1) is 13.3. The number of hydrogen-bond donors (Lipinski definition) is 1. The summed E-state index contributed by atoms with van der Waals surface area (Å²) in [7, 11) is 1.95. The number of nitrogens with one attached hydrogen (secondary N) is 1. The fourth-order valence-corrected chi connectivity index (χ4v) is 2.55. The third-order valence-electron chi connectivity index (χ3n) is 3.52. The molecule has 1 aliphatic rings. The van der Waals surface area contributed by atoms with Gasteiger partial charge in [-0.05, 0) is 50.8 Å². The van der Waals surface area contributed by atoms with Gasteiger partial charge in [0.05, 0.1) is 4.92 Å². The summed E-state index contributed by atoms with van der Waals surface area (Å²) in [6.45, 7) is 0. The first-order valence-electron chi connectivity index (χ1n) is 6.22. The van der Waals surface area contributed by atoms with Crippen molar-refractivity contribution in [3.05, 3.63) is 38.9 Å². The van der Waals surface area contributed by atoms with Gasteiger partial charge in [0.2, 0.25) is 0 Å². The smallest absolute Gasteiger partial charge is 0.272 e. The molecular formula is C13H17ClN2O2. The van der Waals surface area contributed by atoms with E-state index in [-0.39, 0.29) is 10.6 Å². The molecule has 0 saturated heterocycles. The van der Waals surface area contributed by atoms with Gasteiger partial charge in [0.25, 0.3) is 5.69 Å². The Kier molecular flexibility index (Phi) is 4.19. The normalized spacial score (nSPS) is 16.6. The monoisotopic (exact) mass is 268 g/mol. The summed E-state index contributed by atoms with van der Waals surface area (Å²) in [4.78, 5) is 10.6. The Bertz CT molecular complexity index is 447. The van der Waals surface area contributed by atoms with Crippen LogP contribution in [0.1, 0.15) is 24.8 Å². The number of nitrogens with zero attached hydrogens (tertiary/aromatic N) is 1. The number of rotatable bonds is 6. The van der Waals surface area contributed by atoms with E-state index in [1.54, 1.807) is 12.1 Å². The highest BCUT2D eigenvalue weighted by molar-refractivity contribution is 6.30. The van der Waals surface area contributed by atoms with Crippen LogP contribution in [0.25, 0.3) is 0 Å². The van der Waals surface area contributed by atoms with Gasteiger partial charge in [-0.2, -0.15) is 0 Å². The summed E-state index contributed by atoms with van der Waals surface area (Å²) in [5, 5.41) is 14.8. The minimum atomic E-state index is -0.336. The van der Waals surface area contributed by atoms with Crippen LogP contribution < -0.4 is 5.32 Å². The van der Waals surface area contributed by atoms with E-state index in [2.05, 4.69) is 5.32 Å². The summed E-state index contributed by atoms with van der Waals surface area (Å²) in [5.74, 6) is 0.744. The van der Waals surface area contributed by atoms with Crippen LogP contribution in [0.2, 0.25) is 5.02 Å². The van der Waals surface area contributed by atoms with Crippen molar-refractivity contribution in [1.29, 1.82) is 0 Å². The van der Waals surface area contributed by atoms with Crippen LogP contribution in [-0.4, -0.2) is 18.0 Å².